The molecule has 0 amide bonds. The van der Waals surface area contributed by atoms with E-state index in [0.717, 1.165) is 6.42 Å². The second-order valence-corrected chi connectivity index (χ2v) is 4.90. The summed E-state index contributed by atoms with van der Waals surface area (Å²) in [4.78, 5) is 0. The van der Waals surface area contributed by atoms with Crippen molar-refractivity contribution in [2.24, 2.45) is 10.8 Å². The minimum Gasteiger partial charge on any atom is -0.384 e. The zero-order valence-corrected chi connectivity index (χ0v) is 13.9. The first-order valence-electron chi connectivity index (χ1n) is 4.89. The Balaban J connectivity index is 0.000000791. The lowest BCUT2D eigenvalue weighted by molar-refractivity contribution is 0.0468. The summed E-state index contributed by atoms with van der Waals surface area (Å²) in [6, 6.07) is -0.113. The van der Waals surface area contributed by atoms with Crippen LogP contribution in [-0.4, -0.2) is 20.0 Å². The lowest BCUT2D eigenvalue weighted by Crippen LogP contribution is -2.38. The molecule has 0 aliphatic carbocycles. The van der Waals surface area contributed by atoms with Crippen molar-refractivity contribution in [3.8, 4) is 0 Å². The number of hydrogen-bond acceptors (Lipinski definition) is 1. The molecular weight excluding hydrogens is 401 g/mol. The highest BCUT2D eigenvalue weighted by Crippen LogP contribution is 2.52. The molecule has 0 bridgehead atoms. The van der Waals surface area contributed by atoms with Crippen LogP contribution in [0.15, 0.2) is 0 Å². The minimum absolute atomic E-state index is 0.0771. The zero-order chi connectivity index (χ0) is 11.6. The first kappa shape index (κ1) is 15.5. The summed E-state index contributed by atoms with van der Waals surface area (Å²) in [6.45, 7) is 11.0. The average Bonchev–Trinajstić information content (AvgIpc) is 2.29. The summed E-state index contributed by atoms with van der Waals surface area (Å²) in [5.74, 6) is 0. The Kier molecular flexibility index (Phi) is 6.31. The fourth-order valence-electron chi connectivity index (χ4n) is 1.91. The third-order valence-electron chi connectivity index (χ3n) is 3.86. The molecule has 4 heteroatoms. The lowest BCUT2D eigenvalue weighted by Gasteiger charge is -2.38. The molecule has 2 unspecified atom stereocenters. The fourth-order valence-corrected chi connectivity index (χ4v) is 1.91. The molecule has 1 aliphatic heterocycles. The Hall–Kier alpha value is 1.48. The van der Waals surface area contributed by atoms with Gasteiger partial charge in [-0.2, -0.15) is 0 Å². The number of rotatable bonds is 1. The molecule has 82 valence electrons. The van der Waals surface area contributed by atoms with E-state index >= 15 is 0 Å². The highest BCUT2D eigenvalue weighted by atomic mass is 128. The maximum absolute atomic E-state index is 5.93. The molecule has 0 aromatic carbocycles. The lowest BCUT2D eigenvalue weighted by atomic mass is 9.60. The molecule has 0 aromatic heterocycles. The highest BCUT2D eigenvalue weighted by Gasteiger charge is 2.52. The first-order chi connectivity index (χ1) is 6.34. The Bertz CT molecular complexity index is 183. The van der Waals surface area contributed by atoms with Gasteiger partial charge in [0.1, 0.15) is 7.85 Å². The van der Waals surface area contributed by atoms with E-state index in [1.54, 1.807) is 0 Å². The second-order valence-electron chi connectivity index (χ2n) is 4.90. The molecule has 1 saturated heterocycles. The molecular formula is C10H19BI2O. The van der Waals surface area contributed by atoms with Crippen molar-refractivity contribution in [1.29, 1.82) is 0 Å². The standard InChI is InChI=1S/C10H19BO.I2/c1-6-7-9(2,3)10(4,5)8(11)12-7;1-2/h7-8H,6H2,1-5H3;. The SMILES string of the molecule is II.[B]C1OC(CC)C(C)(C)C1(C)C. The summed E-state index contributed by atoms with van der Waals surface area (Å²) in [6.07, 6.45) is 1.35. The molecule has 0 aromatic rings. The molecule has 1 fully saturated rings. The minimum atomic E-state index is -0.113. The van der Waals surface area contributed by atoms with E-state index in [2.05, 4.69) is 71.9 Å². The van der Waals surface area contributed by atoms with Crippen LogP contribution in [0.4, 0.5) is 0 Å². The summed E-state index contributed by atoms with van der Waals surface area (Å²) < 4.78 is 5.72. The average molecular weight is 420 g/mol. The molecule has 2 atom stereocenters. The van der Waals surface area contributed by atoms with Gasteiger partial charge in [-0.05, 0) is 17.3 Å². The number of ether oxygens (including phenoxy) is 1. The van der Waals surface area contributed by atoms with E-state index in [-0.39, 0.29) is 16.8 Å². The Morgan fingerprint density at radius 1 is 1.14 bits per heavy atom. The Morgan fingerprint density at radius 3 is 1.71 bits per heavy atom. The van der Waals surface area contributed by atoms with E-state index < -0.39 is 0 Å². The Morgan fingerprint density at radius 2 is 1.57 bits per heavy atom. The predicted octanol–water partition coefficient (Wildman–Crippen LogP) is 4.11. The van der Waals surface area contributed by atoms with E-state index in [1.807, 2.05) is 0 Å². The van der Waals surface area contributed by atoms with E-state index in [4.69, 9.17) is 12.6 Å². The van der Waals surface area contributed by atoms with Crippen molar-refractivity contribution in [2.75, 3.05) is 0 Å². The van der Waals surface area contributed by atoms with Crippen LogP contribution in [0.1, 0.15) is 41.0 Å². The van der Waals surface area contributed by atoms with Gasteiger partial charge in [0.2, 0.25) is 0 Å². The van der Waals surface area contributed by atoms with Crippen molar-refractivity contribution in [3.05, 3.63) is 0 Å². The molecule has 1 aliphatic rings. The van der Waals surface area contributed by atoms with Gasteiger partial charge in [-0.25, -0.2) is 0 Å². The number of hydrogen-bond donors (Lipinski definition) is 0. The summed E-state index contributed by atoms with van der Waals surface area (Å²) >= 11 is 4.24. The van der Waals surface area contributed by atoms with Crippen LogP contribution in [-0.2, 0) is 4.74 Å². The maximum Gasteiger partial charge on any atom is 0.109 e. The molecule has 0 N–H and O–H groups in total. The van der Waals surface area contributed by atoms with Crippen molar-refractivity contribution >= 4 is 45.1 Å². The van der Waals surface area contributed by atoms with Gasteiger partial charge in [0, 0.05) is 43.2 Å². The molecule has 0 spiro atoms. The van der Waals surface area contributed by atoms with E-state index in [1.165, 1.54) is 0 Å². The van der Waals surface area contributed by atoms with Crippen LogP contribution in [0, 0.1) is 10.8 Å². The molecule has 1 rings (SSSR count). The van der Waals surface area contributed by atoms with Crippen LogP contribution in [0.2, 0.25) is 0 Å². The molecule has 2 radical (unpaired) electrons. The van der Waals surface area contributed by atoms with E-state index in [9.17, 15) is 0 Å². The summed E-state index contributed by atoms with van der Waals surface area (Å²) in [5, 5.41) is 0. The van der Waals surface area contributed by atoms with Gasteiger partial charge in [0.25, 0.3) is 0 Å². The smallest absolute Gasteiger partial charge is 0.109 e. The second kappa shape index (κ2) is 5.71. The number of halogens is 2. The predicted molar refractivity (Wildman–Crippen MR) is 80.3 cm³/mol. The monoisotopic (exact) mass is 420 g/mol. The van der Waals surface area contributed by atoms with Crippen LogP contribution in [0.25, 0.3) is 0 Å². The fraction of sp³-hybridized carbons (Fsp3) is 1.00. The largest absolute Gasteiger partial charge is 0.384 e. The van der Waals surface area contributed by atoms with Crippen LogP contribution < -0.4 is 0 Å². The van der Waals surface area contributed by atoms with Gasteiger partial charge in [0.05, 0.1) is 6.10 Å². The zero-order valence-electron chi connectivity index (χ0n) is 9.60. The molecule has 0 saturated carbocycles. The third kappa shape index (κ3) is 2.59. The quantitative estimate of drug-likeness (QED) is 0.459. The van der Waals surface area contributed by atoms with Crippen molar-refractivity contribution in [2.45, 2.75) is 53.1 Å². The van der Waals surface area contributed by atoms with Gasteiger partial charge in [-0.15, -0.1) is 0 Å². The molecule has 1 nitrogen and oxygen atoms in total. The van der Waals surface area contributed by atoms with E-state index in [0.29, 0.717) is 6.10 Å². The summed E-state index contributed by atoms with van der Waals surface area (Å²) in [5.41, 5.74) is 0.259. The van der Waals surface area contributed by atoms with Crippen molar-refractivity contribution in [3.63, 3.8) is 0 Å². The topological polar surface area (TPSA) is 9.23 Å². The van der Waals surface area contributed by atoms with Gasteiger partial charge in [0.15, 0.2) is 0 Å². The third-order valence-corrected chi connectivity index (χ3v) is 3.86. The van der Waals surface area contributed by atoms with Gasteiger partial charge in [-0.1, -0.05) is 34.6 Å². The van der Waals surface area contributed by atoms with Crippen molar-refractivity contribution in [1.82, 2.24) is 0 Å². The van der Waals surface area contributed by atoms with Gasteiger partial charge < -0.3 is 4.74 Å². The maximum atomic E-state index is 5.93. The highest BCUT2D eigenvalue weighted by molar-refractivity contribution is 15.0. The van der Waals surface area contributed by atoms with Crippen LogP contribution >= 0.6 is 37.2 Å². The molecule has 14 heavy (non-hydrogen) atoms. The van der Waals surface area contributed by atoms with Crippen LogP contribution in [0.5, 0.6) is 0 Å². The Labute approximate surface area is 113 Å². The van der Waals surface area contributed by atoms with Crippen molar-refractivity contribution < 1.29 is 4.74 Å². The normalized spacial score (nSPS) is 33.4. The summed E-state index contributed by atoms with van der Waals surface area (Å²) in [7, 11) is 5.93. The molecule has 1 heterocycles. The first-order valence-corrected chi connectivity index (χ1v) is 11.2. The van der Waals surface area contributed by atoms with Gasteiger partial charge in [-0.3, -0.25) is 0 Å². The van der Waals surface area contributed by atoms with Crippen LogP contribution in [0.3, 0.4) is 0 Å². The van der Waals surface area contributed by atoms with Gasteiger partial charge >= 0.3 is 0 Å².